The molecule has 0 saturated carbocycles. The molecule has 0 unspecified atom stereocenters. The van der Waals surface area contributed by atoms with Crippen LogP contribution in [0.5, 0.6) is 0 Å². The van der Waals surface area contributed by atoms with E-state index >= 15 is 4.79 Å². The summed E-state index contributed by atoms with van der Waals surface area (Å²) in [5.74, 6) is -5.92. The first kappa shape index (κ1) is 58.0. The van der Waals surface area contributed by atoms with Crippen molar-refractivity contribution in [1.29, 1.82) is 0 Å². The molecule has 2 aromatic heterocycles. The van der Waals surface area contributed by atoms with Gasteiger partial charge in [-0.3, -0.25) is 38.4 Å². The van der Waals surface area contributed by atoms with Crippen LogP contribution in [0, 0.1) is 0 Å². The number of hydrogen-bond acceptors (Lipinski definition) is 12. The zero-order valence-corrected chi connectivity index (χ0v) is 44.8. The number of carbonyl (C=O) groups excluding carboxylic acids is 8. The third-order valence-corrected chi connectivity index (χ3v) is 15.6. The van der Waals surface area contributed by atoms with Crippen LogP contribution in [0.3, 0.4) is 0 Å². The van der Waals surface area contributed by atoms with E-state index in [0.29, 0.717) is 29.5 Å². The van der Waals surface area contributed by atoms with Crippen molar-refractivity contribution >= 4 is 90.7 Å². The first-order chi connectivity index (χ1) is 37.7. The van der Waals surface area contributed by atoms with Crippen molar-refractivity contribution in [2.24, 2.45) is 11.5 Å². The molecule has 78 heavy (non-hydrogen) atoms. The van der Waals surface area contributed by atoms with Crippen LogP contribution < -0.4 is 43.4 Å². The van der Waals surface area contributed by atoms with Crippen molar-refractivity contribution in [3.63, 3.8) is 0 Å². The van der Waals surface area contributed by atoms with Crippen LogP contribution in [0.4, 0.5) is 0 Å². The molecule has 6 aromatic rings. The first-order valence-electron chi connectivity index (χ1n) is 25.9. The number of benzene rings is 4. The van der Waals surface area contributed by atoms with Gasteiger partial charge in [-0.05, 0) is 67.1 Å². The minimum atomic E-state index is -1.66. The molecule has 1 aliphatic rings. The second-order valence-electron chi connectivity index (χ2n) is 19.2. The summed E-state index contributed by atoms with van der Waals surface area (Å²) in [4.78, 5) is 122. The highest BCUT2D eigenvalue weighted by Crippen LogP contribution is 2.24. The predicted octanol–water partition coefficient (Wildman–Crippen LogP) is 2.05. The van der Waals surface area contributed by atoms with Crippen molar-refractivity contribution < 1.29 is 43.5 Å². The van der Waals surface area contributed by atoms with Gasteiger partial charge in [-0.25, -0.2) is 0 Å². The lowest BCUT2D eigenvalue weighted by molar-refractivity contribution is -0.140. The van der Waals surface area contributed by atoms with Crippen LogP contribution in [-0.4, -0.2) is 141 Å². The number of unbranched alkanes of at least 4 members (excludes halogenated alkanes) is 1. The minimum Gasteiger partial charge on any atom is -0.391 e. The third kappa shape index (κ3) is 16.4. The second kappa shape index (κ2) is 28.6. The molecule has 7 atom stereocenters. The van der Waals surface area contributed by atoms with Gasteiger partial charge in [-0.2, -0.15) is 0 Å². The van der Waals surface area contributed by atoms with E-state index in [9.17, 15) is 38.7 Å². The Morgan fingerprint density at radius 2 is 1.06 bits per heavy atom. The summed E-state index contributed by atoms with van der Waals surface area (Å²) in [6.45, 7) is 1.00. The van der Waals surface area contributed by atoms with Crippen molar-refractivity contribution in [2.75, 3.05) is 31.1 Å². The maximum atomic E-state index is 15.1. The monoisotopic (exact) mass is 1100 g/mol. The number of primary amides is 1. The molecule has 3 heterocycles. The number of carbonyl (C=O) groups is 8. The Kier molecular flexibility index (Phi) is 21.3. The van der Waals surface area contributed by atoms with E-state index in [2.05, 4.69) is 41.9 Å². The number of fused-ring (bicyclic) bond motifs is 2. The number of aromatic amines is 2. The van der Waals surface area contributed by atoms with E-state index in [1.54, 1.807) is 54.9 Å². The van der Waals surface area contributed by atoms with Crippen molar-refractivity contribution in [3.05, 3.63) is 144 Å². The van der Waals surface area contributed by atoms with Crippen LogP contribution in [0.15, 0.2) is 122 Å². The van der Waals surface area contributed by atoms with Gasteiger partial charge in [0.2, 0.25) is 47.3 Å². The number of para-hydroxylation sites is 2. The van der Waals surface area contributed by atoms with Gasteiger partial charge in [-0.1, -0.05) is 119 Å². The number of aliphatic hydroxyl groups excluding tert-OH is 1. The summed E-state index contributed by atoms with van der Waals surface area (Å²) < 4.78 is 0. The molecule has 13 N–H and O–H groups in total. The van der Waals surface area contributed by atoms with E-state index in [1.165, 1.54) is 22.6 Å². The topological polar surface area (TPSA) is 316 Å². The summed E-state index contributed by atoms with van der Waals surface area (Å²) in [5.41, 5.74) is 15.8. The summed E-state index contributed by atoms with van der Waals surface area (Å²) in [7, 11) is 2.36. The number of aliphatic hydroxyl groups is 1. The number of nitrogens with two attached hydrogens (primary N) is 2. The summed E-state index contributed by atoms with van der Waals surface area (Å²) >= 11 is 0. The molecule has 4 aromatic carbocycles. The molecule has 0 aliphatic carbocycles. The predicted molar refractivity (Wildman–Crippen MR) is 301 cm³/mol. The first-order valence-corrected chi connectivity index (χ1v) is 28.3. The van der Waals surface area contributed by atoms with Crippen molar-refractivity contribution in [2.45, 2.75) is 94.2 Å². The Balaban J connectivity index is 1.28. The maximum Gasteiger partial charge on any atom is 0.245 e. The molecule has 412 valence electrons. The quantitative estimate of drug-likeness (QED) is 0.0520. The van der Waals surface area contributed by atoms with Crippen LogP contribution >= 0.6 is 21.6 Å². The Bertz CT molecular complexity index is 3030. The normalized spacial score (nSPS) is 21.5. The molecular formula is C56H67N11O9S2. The van der Waals surface area contributed by atoms with Crippen LogP contribution in [0.2, 0.25) is 0 Å². The molecule has 0 bridgehead atoms. The summed E-state index contributed by atoms with van der Waals surface area (Å²) in [6.07, 6.45) is 2.63. The minimum absolute atomic E-state index is 0.0257. The van der Waals surface area contributed by atoms with Gasteiger partial charge in [0.25, 0.3) is 0 Å². The lowest BCUT2D eigenvalue weighted by Gasteiger charge is -2.30. The summed E-state index contributed by atoms with van der Waals surface area (Å²) in [6, 6.07) is 24.5. The maximum absolute atomic E-state index is 15.1. The fourth-order valence-electron chi connectivity index (χ4n) is 9.28. The van der Waals surface area contributed by atoms with E-state index < -0.39 is 96.2 Å². The van der Waals surface area contributed by atoms with Crippen LogP contribution in [0.1, 0.15) is 48.4 Å². The number of hydrogen-bond donors (Lipinski definition) is 11. The number of amides is 8. The molecule has 1 fully saturated rings. The van der Waals surface area contributed by atoms with Crippen LogP contribution in [0.25, 0.3) is 21.8 Å². The van der Waals surface area contributed by atoms with Gasteiger partial charge in [0.05, 0.1) is 18.4 Å². The number of nitrogens with one attached hydrogen (secondary N) is 8. The Morgan fingerprint density at radius 3 is 1.59 bits per heavy atom. The van der Waals surface area contributed by atoms with E-state index in [0.717, 1.165) is 38.2 Å². The smallest absolute Gasteiger partial charge is 0.245 e. The van der Waals surface area contributed by atoms with Crippen LogP contribution in [-0.2, 0) is 64.0 Å². The molecule has 0 radical (unpaired) electrons. The lowest BCUT2D eigenvalue weighted by atomic mass is 10.00. The molecular weight excluding hydrogens is 1030 g/mol. The fourth-order valence-corrected chi connectivity index (χ4v) is 11.1. The highest BCUT2D eigenvalue weighted by molar-refractivity contribution is 8.76. The number of rotatable bonds is 15. The Labute approximate surface area is 459 Å². The summed E-state index contributed by atoms with van der Waals surface area (Å²) in [5, 5.41) is 29.5. The highest BCUT2D eigenvalue weighted by Gasteiger charge is 2.36. The SMILES string of the molecule is C[C@@H](O)[C@@H]1NC(=O)[C@@H](CCCCN)NC(=O)[C@@H](Cc2c[nH]c3ccccc23)NC(=O)[C@@H](Cc2c[nH]c3ccccc23)NC(=O)[C@H](Cc2ccccc2)NC(=O)CSSCCN(CC(N)=O)C(=O)[C@@H](Cc2ccccc2)NC1=O. The molecule has 22 heteroatoms. The zero-order valence-electron chi connectivity index (χ0n) is 43.2. The van der Waals surface area contributed by atoms with Gasteiger partial charge in [-0.15, -0.1) is 0 Å². The molecule has 7 rings (SSSR count). The number of nitrogens with zero attached hydrogens (tertiary/aromatic N) is 1. The molecule has 1 aliphatic heterocycles. The average molecular weight is 1100 g/mol. The molecule has 0 spiro atoms. The average Bonchev–Trinajstić information content (AvgIpc) is 4.05. The largest absolute Gasteiger partial charge is 0.391 e. The number of aromatic nitrogens is 2. The Hall–Kier alpha value is -7.66. The molecule has 8 amide bonds. The lowest BCUT2D eigenvalue weighted by Crippen LogP contribution is -2.62. The molecule has 20 nitrogen and oxygen atoms in total. The van der Waals surface area contributed by atoms with E-state index in [-0.39, 0.29) is 56.7 Å². The number of H-pyrrole nitrogens is 2. The second-order valence-corrected chi connectivity index (χ2v) is 21.8. The highest BCUT2D eigenvalue weighted by atomic mass is 33.1. The van der Waals surface area contributed by atoms with Gasteiger partial charge in [0, 0.05) is 72.2 Å². The van der Waals surface area contributed by atoms with Gasteiger partial charge in [0.15, 0.2) is 0 Å². The van der Waals surface area contributed by atoms with E-state index in [1.807, 2.05) is 66.7 Å². The third-order valence-electron chi connectivity index (χ3n) is 13.3. The van der Waals surface area contributed by atoms with Crippen molar-refractivity contribution in [1.82, 2.24) is 46.8 Å². The zero-order chi connectivity index (χ0) is 55.6. The van der Waals surface area contributed by atoms with Gasteiger partial charge >= 0.3 is 0 Å². The van der Waals surface area contributed by atoms with Crippen molar-refractivity contribution in [3.8, 4) is 0 Å². The van der Waals surface area contributed by atoms with Gasteiger partial charge in [0.1, 0.15) is 36.3 Å². The Morgan fingerprint density at radius 1 is 0.590 bits per heavy atom. The fraction of sp³-hybridized carbons (Fsp3) is 0.357. The van der Waals surface area contributed by atoms with E-state index in [4.69, 9.17) is 11.5 Å². The molecule has 1 saturated heterocycles. The van der Waals surface area contributed by atoms with Gasteiger partial charge < -0.3 is 63.3 Å². The standard InChI is InChI=1S/C56H67N11O9S2/c1-34(68)50-55(75)65-47(27-36-16-6-3-7-17-36)56(76)67(32-48(58)69)24-25-77-78-33-49(70)61-44(26-35-14-4-2-5-15-35)52(72)63-46(29-38-31-60-42-21-11-9-19-40(38)42)54(74)64-45(28-37-30-59-41-20-10-8-18-39(37)41)53(73)62-43(51(71)66-50)22-12-13-23-57/h2-11,14-21,30-31,34,43-47,50,59-60,68H,12-13,22-29,32-33,57H2,1H3,(H2,58,69)(H,61,70)(H,62,73)(H,63,72)(H,64,74)(H,65,75)(H,66,71)/t34-,43-,44+,45-,46-,47-,50+/m1/s1.